The average Bonchev–Trinajstić information content (AvgIpc) is 3.33. The van der Waals surface area contributed by atoms with Gasteiger partial charge in [0.25, 0.3) is 9.84 Å². The lowest BCUT2D eigenvalue weighted by Crippen LogP contribution is -2.23. The molecular formula is C21H14F6O2S. The van der Waals surface area contributed by atoms with E-state index in [4.69, 9.17) is 0 Å². The fourth-order valence-corrected chi connectivity index (χ4v) is 4.30. The van der Waals surface area contributed by atoms with Crippen LogP contribution in [0.5, 0.6) is 0 Å². The van der Waals surface area contributed by atoms with E-state index in [1.54, 1.807) is 12.2 Å². The number of alkyl halides is 3. The van der Waals surface area contributed by atoms with Crippen LogP contribution in [0.1, 0.15) is 29.5 Å². The predicted molar refractivity (Wildman–Crippen MR) is 98.4 cm³/mol. The second-order valence-corrected chi connectivity index (χ2v) is 9.45. The molecule has 2 nitrogen and oxygen atoms in total. The summed E-state index contributed by atoms with van der Waals surface area (Å²) in [6, 6.07) is 5.19. The second kappa shape index (κ2) is 6.47. The van der Waals surface area contributed by atoms with Gasteiger partial charge in [-0.1, -0.05) is 24.3 Å². The molecule has 1 fully saturated rings. The third kappa shape index (κ3) is 3.15. The van der Waals surface area contributed by atoms with E-state index < -0.39 is 37.7 Å². The first-order chi connectivity index (χ1) is 13.9. The van der Waals surface area contributed by atoms with Gasteiger partial charge in [-0.2, -0.15) is 13.2 Å². The van der Waals surface area contributed by atoms with Crippen LogP contribution in [0.25, 0.3) is 11.1 Å². The zero-order valence-electron chi connectivity index (χ0n) is 15.4. The highest BCUT2D eigenvalue weighted by atomic mass is 32.2. The first-order valence-corrected chi connectivity index (χ1v) is 10.4. The van der Waals surface area contributed by atoms with Crippen molar-refractivity contribution in [3.63, 3.8) is 0 Å². The van der Waals surface area contributed by atoms with Crippen molar-refractivity contribution in [1.82, 2.24) is 0 Å². The number of allylic oxidation sites excluding steroid dienone is 4. The molecule has 0 N–H and O–H groups in total. The maximum atomic E-state index is 14.5. The Bertz CT molecular complexity index is 1220. The third-order valence-corrected chi connectivity index (χ3v) is 6.88. The summed E-state index contributed by atoms with van der Waals surface area (Å²) in [4.78, 5) is -0.918. The molecule has 0 saturated heterocycles. The topological polar surface area (TPSA) is 34.1 Å². The Morgan fingerprint density at radius 3 is 1.97 bits per heavy atom. The van der Waals surface area contributed by atoms with Gasteiger partial charge in [0.15, 0.2) is 17.5 Å². The number of sulfone groups is 1. The van der Waals surface area contributed by atoms with Crippen LogP contribution >= 0.6 is 0 Å². The van der Waals surface area contributed by atoms with Crippen LogP contribution in [0, 0.1) is 29.8 Å². The lowest BCUT2D eigenvalue weighted by molar-refractivity contribution is -0.0436. The van der Waals surface area contributed by atoms with Gasteiger partial charge in [0.1, 0.15) is 0 Å². The highest BCUT2D eigenvalue weighted by Crippen LogP contribution is 2.58. The van der Waals surface area contributed by atoms with Gasteiger partial charge in [-0.25, -0.2) is 21.6 Å². The van der Waals surface area contributed by atoms with Gasteiger partial charge in [0, 0.05) is 11.0 Å². The number of benzene rings is 2. The van der Waals surface area contributed by atoms with Crippen molar-refractivity contribution in [3.05, 3.63) is 76.6 Å². The molecule has 1 saturated carbocycles. The van der Waals surface area contributed by atoms with Gasteiger partial charge >= 0.3 is 5.51 Å². The van der Waals surface area contributed by atoms with Crippen molar-refractivity contribution in [2.24, 2.45) is 5.41 Å². The highest BCUT2D eigenvalue weighted by molar-refractivity contribution is 7.92. The van der Waals surface area contributed by atoms with Crippen LogP contribution in [0.15, 0.2) is 47.4 Å². The summed E-state index contributed by atoms with van der Waals surface area (Å²) in [7, 11) is -5.50. The third-order valence-electron chi connectivity index (χ3n) is 5.38. The average molecular weight is 444 g/mol. The van der Waals surface area contributed by atoms with Crippen molar-refractivity contribution in [3.8, 4) is 0 Å². The largest absolute Gasteiger partial charge is 0.501 e. The Hall–Kier alpha value is -2.55. The molecule has 9 heteroatoms. The molecule has 0 aromatic heterocycles. The van der Waals surface area contributed by atoms with E-state index in [1.165, 1.54) is 25.1 Å². The number of hydrogen-bond acceptors (Lipinski definition) is 2. The molecule has 0 unspecified atom stereocenters. The molecular weight excluding hydrogens is 430 g/mol. The zero-order chi connectivity index (χ0) is 22.1. The van der Waals surface area contributed by atoms with Gasteiger partial charge in [0.05, 0.1) is 4.90 Å². The Kier molecular flexibility index (Phi) is 4.47. The molecule has 2 aliphatic carbocycles. The molecule has 2 aromatic rings. The SMILES string of the molecule is Cc1cc(C2=CC3(C=C2c2ccc(S(=O)(=O)C(F)(F)F)cc2)CC3)c(F)c(F)c1F. The first kappa shape index (κ1) is 20.7. The molecule has 0 atom stereocenters. The summed E-state index contributed by atoms with van der Waals surface area (Å²) in [6.07, 6.45) is 5.04. The van der Waals surface area contributed by atoms with Gasteiger partial charge in [-0.3, -0.25) is 0 Å². The normalized spacial score (nSPS) is 17.8. The summed E-state index contributed by atoms with van der Waals surface area (Å²) < 4.78 is 104. The molecule has 0 radical (unpaired) electrons. The maximum Gasteiger partial charge on any atom is 0.501 e. The Morgan fingerprint density at radius 2 is 1.43 bits per heavy atom. The number of hydrogen-bond donors (Lipinski definition) is 0. The van der Waals surface area contributed by atoms with Crippen LogP contribution in [-0.2, 0) is 9.84 Å². The molecule has 1 spiro atoms. The number of rotatable bonds is 3. The summed E-state index contributed by atoms with van der Waals surface area (Å²) in [5, 5.41) is 0. The molecule has 30 heavy (non-hydrogen) atoms. The van der Waals surface area contributed by atoms with Gasteiger partial charge < -0.3 is 0 Å². The maximum absolute atomic E-state index is 14.5. The minimum absolute atomic E-state index is 0.0903. The van der Waals surface area contributed by atoms with E-state index in [2.05, 4.69) is 0 Å². The van der Waals surface area contributed by atoms with E-state index >= 15 is 0 Å². The summed E-state index contributed by atoms with van der Waals surface area (Å²) in [6.45, 7) is 1.30. The summed E-state index contributed by atoms with van der Waals surface area (Å²) in [5.74, 6) is -4.25. The molecule has 0 aliphatic heterocycles. The molecule has 0 heterocycles. The van der Waals surface area contributed by atoms with Crippen LogP contribution in [0.2, 0.25) is 0 Å². The highest BCUT2D eigenvalue weighted by Gasteiger charge is 2.47. The quantitative estimate of drug-likeness (QED) is 0.432. The Labute approximate surface area is 168 Å². The Balaban J connectivity index is 1.80. The predicted octanol–water partition coefficient (Wildman–Crippen LogP) is 5.97. The van der Waals surface area contributed by atoms with Crippen LogP contribution in [0.4, 0.5) is 26.3 Å². The van der Waals surface area contributed by atoms with Crippen molar-refractivity contribution < 1.29 is 34.8 Å². The van der Waals surface area contributed by atoms with E-state index in [0.29, 0.717) is 16.7 Å². The van der Waals surface area contributed by atoms with Gasteiger partial charge in [-0.15, -0.1) is 0 Å². The van der Waals surface area contributed by atoms with Gasteiger partial charge in [0.2, 0.25) is 0 Å². The molecule has 2 aromatic carbocycles. The fourth-order valence-electron chi connectivity index (χ4n) is 3.54. The van der Waals surface area contributed by atoms with Crippen molar-refractivity contribution in [2.75, 3.05) is 0 Å². The van der Waals surface area contributed by atoms with E-state index in [0.717, 1.165) is 25.0 Å². The number of aryl methyl sites for hydroxylation is 1. The number of halogens is 6. The van der Waals surface area contributed by atoms with E-state index in [-0.39, 0.29) is 16.5 Å². The van der Waals surface area contributed by atoms with Crippen molar-refractivity contribution in [2.45, 2.75) is 30.2 Å². The van der Waals surface area contributed by atoms with Crippen LogP contribution in [0.3, 0.4) is 0 Å². The van der Waals surface area contributed by atoms with Crippen molar-refractivity contribution >= 4 is 21.0 Å². The molecule has 0 bridgehead atoms. The molecule has 4 rings (SSSR count). The lowest BCUT2D eigenvalue weighted by Gasteiger charge is -2.14. The summed E-state index contributed by atoms with van der Waals surface area (Å²) >= 11 is 0. The minimum atomic E-state index is -5.50. The van der Waals surface area contributed by atoms with E-state index in [1.807, 2.05) is 0 Å². The second-order valence-electron chi connectivity index (χ2n) is 7.51. The molecule has 158 valence electrons. The van der Waals surface area contributed by atoms with Gasteiger partial charge in [-0.05, 0) is 60.2 Å². The van der Waals surface area contributed by atoms with Crippen LogP contribution in [-0.4, -0.2) is 13.9 Å². The first-order valence-electron chi connectivity index (χ1n) is 8.89. The van der Waals surface area contributed by atoms with E-state index in [9.17, 15) is 34.8 Å². The minimum Gasteiger partial charge on any atom is -0.214 e. The van der Waals surface area contributed by atoms with Crippen LogP contribution < -0.4 is 0 Å². The monoisotopic (exact) mass is 444 g/mol. The zero-order valence-corrected chi connectivity index (χ0v) is 16.3. The molecule has 2 aliphatic rings. The lowest BCUT2D eigenvalue weighted by atomic mass is 9.93. The standard InChI is InChI=1S/C21H14F6O2S/c1-11-8-14(18(23)19(24)17(11)22)16-10-20(6-7-20)9-15(16)12-2-4-13(5-3-12)30(28,29)21(25,26)27/h2-5,8-10H,6-7H2,1H3. The Morgan fingerprint density at radius 1 is 0.867 bits per heavy atom. The fraction of sp³-hybridized carbons (Fsp3) is 0.238. The molecule has 0 amide bonds. The summed E-state index contributed by atoms with van der Waals surface area (Å²) in [5.41, 5.74) is -5.00. The smallest absolute Gasteiger partial charge is 0.214 e. The van der Waals surface area contributed by atoms with Crippen molar-refractivity contribution in [1.29, 1.82) is 0 Å².